The molecule has 16 heavy (non-hydrogen) atoms. The Morgan fingerprint density at radius 1 is 1.75 bits per heavy atom. The van der Waals surface area contributed by atoms with Gasteiger partial charge in [0.25, 0.3) is 0 Å². The zero-order chi connectivity index (χ0) is 12.1. The van der Waals surface area contributed by atoms with Crippen LogP contribution in [0.1, 0.15) is 12.6 Å². The number of hydrogen-bond acceptors (Lipinski definition) is 6. The lowest BCUT2D eigenvalue weighted by atomic mass is 10.2. The van der Waals surface area contributed by atoms with E-state index in [2.05, 4.69) is 4.98 Å². The summed E-state index contributed by atoms with van der Waals surface area (Å²) in [7, 11) is 0. The number of ketones is 1. The van der Waals surface area contributed by atoms with Crippen LogP contribution in [-0.2, 0) is 4.79 Å². The van der Waals surface area contributed by atoms with Gasteiger partial charge in [0.05, 0.1) is 5.75 Å². The molecule has 0 radical (unpaired) electrons. The van der Waals surface area contributed by atoms with Gasteiger partial charge in [-0.2, -0.15) is 5.26 Å². The normalized spacial score (nSPS) is 11.8. The van der Waals surface area contributed by atoms with Crippen LogP contribution in [0.15, 0.2) is 21.0 Å². The topological polar surface area (TPSA) is 79.8 Å². The molecule has 1 aromatic heterocycles. The molecule has 0 aliphatic rings. The summed E-state index contributed by atoms with van der Waals surface area (Å²) >= 11 is 2.82. The number of thioether (sulfide) groups is 1. The van der Waals surface area contributed by atoms with Gasteiger partial charge < -0.3 is 5.73 Å². The van der Waals surface area contributed by atoms with Crippen molar-refractivity contribution in [2.45, 2.75) is 18.2 Å². The molecule has 1 aromatic rings. The number of nitrogens with two attached hydrogens (primary N) is 1. The van der Waals surface area contributed by atoms with E-state index in [0.717, 1.165) is 10.0 Å². The molecule has 0 aliphatic heterocycles. The maximum absolute atomic E-state index is 11.6. The predicted octanol–water partition coefficient (Wildman–Crippen LogP) is 1.87. The first-order valence-electron chi connectivity index (χ1n) is 4.49. The second-order valence-electron chi connectivity index (χ2n) is 3.14. The average molecular weight is 253 g/mol. The van der Waals surface area contributed by atoms with Crippen molar-refractivity contribution in [2.24, 2.45) is 5.73 Å². The SMILES string of the molecule is C/C(N)=C(/C#N)C(=O)CSc1nc(C)cs1. The minimum atomic E-state index is -0.250. The summed E-state index contributed by atoms with van der Waals surface area (Å²) in [5, 5.41) is 10.7. The standard InChI is InChI=1S/C10H11N3OS2/c1-6-4-15-10(13-6)16-5-9(14)8(3-11)7(2)12/h4H,5,12H2,1-2H3/b8-7+. The number of Topliss-reactive ketones (excluding diaryl/α,β-unsaturated/α-hetero) is 1. The zero-order valence-corrected chi connectivity index (χ0v) is 10.6. The number of thiazole rings is 1. The Kier molecular flexibility index (Phi) is 4.52. The van der Waals surface area contributed by atoms with Crippen molar-refractivity contribution in [2.75, 3.05) is 5.75 Å². The van der Waals surface area contributed by atoms with Gasteiger partial charge in [-0.3, -0.25) is 4.79 Å². The van der Waals surface area contributed by atoms with Crippen molar-refractivity contribution >= 4 is 28.9 Å². The van der Waals surface area contributed by atoms with E-state index < -0.39 is 0 Å². The number of rotatable bonds is 4. The van der Waals surface area contributed by atoms with Crippen LogP contribution < -0.4 is 5.73 Å². The molecule has 6 heteroatoms. The summed E-state index contributed by atoms with van der Waals surface area (Å²) in [6, 6.07) is 1.82. The quantitative estimate of drug-likeness (QED) is 0.503. The molecule has 0 fully saturated rings. The monoisotopic (exact) mass is 253 g/mol. The van der Waals surface area contributed by atoms with Crippen molar-refractivity contribution in [1.82, 2.24) is 4.98 Å². The predicted molar refractivity (Wildman–Crippen MR) is 65.1 cm³/mol. The van der Waals surface area contributed by atoms with Crippen LogP contribution in [0.2, 0.25) is 0 Å². The fourth-order valence-corrected chi connectivity index (χ4v) is 2.69. The zero-order valence-electron chi connectivity index (χ0n) is 8.98. The maximum Gasteiger partial charge on any atom is 0.185 e. The third-order valence-electron chi connectivity index (χ3n) is 1.71. The number of hydrogen-bond donors (Lipinski definition) is 1. The molecule has 4 nitrogen and oxygen atoms in total. The molecule has 0 amide bonds. The van der Waals surface area contributed by atoms with Gasteiger partial charge in [-0.25, -0.2) is 4.98 Å². The lowest BCUT2D eigenvalue weighted by Crippen LogP contribution is -2.10. The molecule has 84 valence electrons. The van der Waals surface area contributed by atoms with Crippen molar-refractivity contribution in [3.63, 3.8) is 0 Å². The van der Waals surface area contributed by atoms with Crippen molar-refractivity contribution in [3.05, 3.63) is 22.3 Å². The molecule has 0 bridgehead atoms. The maximum atomic E-state index is 11.6. The third-order valence-corrected chi connectivity index (χ3v) is 3.85. The van der Waals surface area contributed by atoms with E-state index in [-0.39, 0.29) is 22.8 Å². The summed E-state index contributed by atoms with van der Waals surface area (Å²) in [4.78, 5) is 15.8. The Bertz CT molecular complexity index is 467. The third kappa shape index (κ3) is 3.36. The van der Waals surface area contributed by atoms with Gasteiger partial charge in [0.2, 0.25) is 0 Å². The van der Waals surface area contributed by atoms with Gasteiger partial charge in [-0.05, 0) is 13.8 Å². The smallest absolute Gasteiger partial charge is 0.185 e. The number of aromatic nitrogens is 1. The van der Waals surface area contributed by atoms with Crippen LogP contribution in [0, 0.1) is 18.3 Å². The number of carbonyl (C=O) groups is 1. The van der Waals surface area contributed by atoms with Gasteiger partial charge >= 0.3 is 0 Å². The first-order chi connectivity index (χ1) is 7.54. The highest BCUT2D eigenvalue weighted by atomic mass is 32.2. The molecule has 0 aromatic carbocycles. The molecule has 0 saturated carbocycles. The van der Waals surface area contributed by atoms with E-state index in [1.807, 2.05) is 18.4 Å². The van der Waals surface area contributed by atoms with E-state index >= 15 is 0 Å². The Labute approximate surface area is 102 Å². The summed E-state index contributed by atoms with van der Waals surface area (Å²) in [6.07, 6.45) is 0. The molecule has 1 rings (SSSR count). The number of nitriles is 1. The molecule has 0 spiro atoms. The Hall–Kier alpha value is -1.32. The van der Waals surface area contributed by atoms with E-state index in [9.17, 15) is 4.79 Å². The Morgan fingerprint density at radius 3 is 2.88 bits per heavy atom. The molecule has 2 N–H and O–H groups in total. The number of carbonyl (C=O) groups excluding carboxylic acids is 1. The fraction of sp³-hybridized carbons (Fsp3) is 0.300. The van der Waals surface area contributed by atoms with Gasteiger partial charge in [-0.15, -0.1) is 11.3 Å². The molecular formula is C10H11N3OS2. The van der Waals surface area contributed by atoms with Crippen LogP contribution in [-0.4, -0.2) is 16.5 Å². The average Bonchev–Trinajstić information content (AvgIpc) is 2.62. The lowest BCUT2D eigenvalue weighted by molar-refractivity contribution is -0.112. The second kappa shape index (κ2) is 5.68. The van der Waals surface area contributed by atoms with Crippen LogP contribution >= 0.6 is 23.1 Å². The minimum Gasteiger partial charge on any atom is -0.401 e. The van der Waals surface area contributed by atoms with E-state index in [1.54, 1.807) is 6.92 Å². The summed E-state index contributed by atoms with van der Waals surface area (Å²) in [5.41, 5.74) is 6.68. The largest absolute Gasteiger partial charge is 0.401 e. The van der Waals surface area contributed by atoms with Crippen molar-refractivity contribution in [3.8, 4) is 6.07 Å². The second-order valence-corrected chi connectivity index (χ2v) is 5.22. The van der Waals surface area contributed by atoms with Crippen molar-refractivity contribution in [1.29, 1.82) is 5.26 Å². The molecule has 0 atom stereocenters. The lowest BCUT2D eigenvalue weighted by Gasteiger charge is -1.98. The number of allylic oxidation sites excluding steroid dienone is 2. The van der Waals surface area contributed by atoms with Crippen LogP contribution in [0.5, 0.6) is 0 Å². The van der Waals surface area contributed by atoms with Gasteiger partial charge in [0, 0.05) is 16.8 Å². The summed E-state index contributed by atoms with van der Waals surface area (Å²) in [5.74, 6) is -0.0509. The van der Waals surface area contributed by atoms with Crippen LogP contribution in [0.3, 0.4) is 0 Å². The molecule has 0 aliphatic carbocycles. The van der Waals surface area contributed by atoms with E-state index in [1.165, 1.54) is 23.1 Å². The fourth-order valence-electron chi connectivity index (χ4n) is 0.969. The number of nitrogens with zero attached hydrogens (tertiary/aromatic N) is 2. The first kappa shape index (κ1) is 12.7. The van der Waals surface area contributed by atoms with Crippen LogP contribution in [0.4, 0.5) is 0 Å². The summed E-state index contributed by atoms with van der Waals surface area (Å²) in [6.45, 7) is 3.45. The van der Waals surface area contributed by atoms with Gasteiger partial charge in [0.1, 0.15) is 11.6 Å². The highest BCUT2D eigenvalue weighted by Gasteiger charge is 2.12. The summed E-state index contributed by atoms with van der Waals surface area (Å²) < 4.78 is 0.831. The minimum absolute atomic E-state index is 0.0424. The van der Waals surface area contributed by atoms with Gasteiger partial charge in [-0.1, -0.05) is 11.8 Å². The Balaban J connectivity index is 2.61. The number of aryl methyl sites for hydroxylation is 1. The highest BCUT2D eigenvalue weighted by Crippen LogP contribution is 2.23. The molecule has 0 unspecified atom stereocenters. The highest BCUT2D eigenvalue weighted by molar-refractivity contribution is 8.01. The van der Waals surface area contributed by atoms with E-state index in [4.69, 9.17) is 11.0 Å². The van der Waals surface area contributed by atoms with E-state index in [0.29, 0.717) is 0 Å². The Morgan fingerprint density at radius 2 is 2.44 bits per heavy atom. The first-order valence-corrected chi connectivity index (χ1v) is 6.35. The van der Waals surface area contributed by atoms with Crippen molar-refractivity contribution < 1.29 is 4.79 Å². The van der Waals surface area contributed by atoms with Gasteiger partial charge in [0.15, 0.2) is 10.1 Å². The molecule has 1 heterocycles. The molecular weight excluding hydrogens is 242 g/mol. The van der Waals surface area contributed by atoms with Crippen LogP contribution in [0.25, 0.3) is 0 Å². The molecule has 0 saturated heterocycles.